The summed E-state index contributed by atoms with van der Waals surface area (Å²) in [4.78, 5) is 7.99. The van der Waals surface area contributed by atoms with E-state index in [0.29, 0.717) is 16.6 Å². The first kappa shape index (κ1) is 13.8. The number of ether oxygens (including phenoxy) is 1. The third-order valence-corrected chi connectivity index (χ3v) is 3.59. The molecule has 3 rings (SSSR count). The molecule has 1 saturated heterocycles. The first-order valence-electron chi connectivity index (χ1n) is 6.28. The van der Waals surface area contributed by atoms with Gasteiger partial charge in [-0.2, -0.15) is 0 Å². The fourth-order valence-electron chi connectivity index (χ4n) is 2.52. The second kappa shape index (κ2) is 4.98. The lowest BCUT2D eigenvalue weighted by molar-refractivity contribution is -0.0508. The van der Waals surface area contributed by atoms with Crippen molar-refractivity contribution < 1.29 is 20.1 Å². The first-order valence-corrected chi connectivity index (χ1v) is 6.28. The quantitative estimate of drug-likeness (QED) is 0.501. The number of terminal acetylenes is 1. The number of anilines is 1. The zero-order valence-electron chi connectivity index (χ0n) is 10.9. The Labute approximate surface area is 119 Å². The van der Waals surface area contributed by atoms with Crippen LogP contribution in [0.2, 0.25) is 0 Å². The van der Waals surface area contributed by atoms with Gasteiger partial charge in [0.15, 0.2) is 6.23 Å². The van der Waals surface area contributed by atoms with Gasteiger partial charge in [-0.15, -0.1) is 6.42 Å². The molecule has 0 saturated carbocycles. The second-order valence-corrected chi connectivity index (χ2v) is 4.78. The number of hydrogen-bond acceptors (Lipinski definition) is 7. The van der Waals surface area contributed by atoms with Gasteiger partial charge in [-0.05, 0) is 0 Å². The first-order chi connectivity index (χ1) is 10.1. The Hall–Kier alpha value is -2.18. The number of hydrogen-bond donors (Lipinski definition) is 4. The van der Waals surface area contributed by atoms with Crippen molar-refractivity contribution in [1.82, 2.24) is 14.5 Å². The van der Waals surface area contributed by atoms with Gasteiger partial charge in [0, 0.05) is 6.20 Å². The molecule has 3 heterocycles. The number of aromatic nitrogens is 3. The molecule has 0 spiro atoms. The van der Waals surface area contributed by atoms with Gasteiger partial charge < -0.3 is 30.4 Å². The lowest BCUT2D eigenvalue weighted by Gasteiger charge is -2.17. The molecule has 21 heavy (non-hydrogen) atoms. The number of nitrogens with two attached hydrogens (primary N) is 1. The van der Waals surface area contributed by atoms with Crippen LogP contribution in [0.1, 0.15) is 11.8 Å². The summed E-state index contributed by atoms with van der Waals surface area (Å²) >= 11 is 0. The average Bonchev–Trinajstić information content (AvgIpc) is 2.99. The minimum atomic E-state index is -1.22. The Kier molecular flexibility index (Phi) is 3.27. The van der Waals surface area contributed by atoms with E-state index in [2.05, 4.69) is 15.9 Å². The number of rotatable bonds is 2. The molecule has 0 bridgehead atoms. The topological polar surface area (TPSA) is 127 Å². The third-order valence-electron chi connectivity index (χ3n) is 3.59. The number of aliphatic hydroxyl groups is 3. The van der Waals surface area contributed by atoms with E-state index in [1.807, 2.05) is 0 Å². The zero-order valence-corrected chi connectivity index (χ0v) is 10.9. The van der Waals surface area contributed by atoms with Gasteiger partial charge in [-0.1, -0.05) is 5.92 Å². The van der Waals surface area contributed by atoms with Crippen LogP contribution >= 0.6 is 0 Å². The summed E-state index contributed by atoms with van der Waals surface area (Å²) in [6, 6.07) is 0. The van der Waals surface area contributed by atoms with E-state index in [1.54, 1.807) is 6.20 Å². The summed E-state index contributed by atoms with van der Waals surface area (Å²) in [6.45, 7) is -0.410. The van der Waals surface area contributed by atoms with Crippen LogP contribution in [-0.4, -0.2) is 54.8 Å². The highest BCUT2D eigenvalue weighted by atomic mass is 16.6. The van der Waals surface area contributed by atoms with Gasteiger partial charge in [0.1, 0.15) is 36.1 Å². The molecule has 8 heteroatoms. The summed E-state index contributed by atoms with van der Waals surface area (Å²) in [5.74, 6) is 2.70. The van der Waals surface area contributed by atoms with Crippen molar-refractivity contribution in [3.63, 3.8) is 0 Å². The summed E-state index contributed by atoms with van der Waals surface area (Å²) < 4.78 is 6.96. The molecule has 110 valence electrons. The van der Waals surface area contributed by atoms with E-state index in [4.69, 9.17) is 22.0 Å². The van der Waals surface area contributed by atoms with Crippen LogP contribution < -0.4 is 5.73 Å². The summed E-state index contributed by atoms with van der Waals surface area (Å²) in [5, 5.41) is 29.6. The molecule has 1 aliphatic rings. The molecular formula is C13H14N4O4. The Morgan fingerprint density at radius 3 is 2.76 bits per heavy atom. The van der Waals surface area contributed by atoms with Gasteiger partial charge in [0.2, 0.25) is 0 Å². The molecule has 0 aliphatic carbocycles. The summed E-state index contributed by atoms with van der Waals surface area (Å²) in [5.41, 5.74) is 6.66. The molecule has 4 atom stereocenters. The van der Waals surface area contributed by atoms with Gasteiger partial charge in [0.05, 0.1) is 17.6 Å². The second-order valence-electron chi connectivity index (χ2n) is 4.78. The lowest BCUT2D eigenvalue weighted by Crippen LogP contribution is -2.33. The monoisotopic (exact) mass is 290 g/mol. The maximum absolute atomic E-state index is 10.1. The van der Waals surface area contributed by atoms with E-state index >= 15 is 0 Å². The number of nitrogens with zero attached hydrogens (tertiary/aromatic N) is 3. The smallest absolute Gasteiger partial charge is 0.164 e. The Morgan fingerprint density at radius 1 is 1.38 bits per heavy atom. The van der Waals surface area contributed by atoms with Crippen molar-refractivity contribution in [3.8, 4) is 12.3 Å². The van der Waals surface area contributed by atoms with Crippen LogP contribution in [-0.2, 0) is 4.74 Å². The van der Waals surface area contributed by atoms with Crippen LogP contribution in [0.4, 0.5) is 5.82 Å². The van der Waals surface area contributed by atoms with E-state index in [-0.39, 0.29) is 5.82 Å². The SMILES string of the molecule is C#Cc1cn(C2OC(CO)C(O)C2O)c2ncnc(N)c12. The maximum atomic E-state index is 10.1. The fraction of sp³-hybridized carbons (Fsp3) is 0.385. The molecule has 1 aliphatic heterocycles. The normalized spacial score (nSPS) is 28.9. The molecule has 0 aromatic carbocycles. The maximum Gasteiger partial charge on any atom is 0.164 e. The standard InChI is InChI=1S/C13H14N4O4/c1-2-6-3-17(12-8(6)11(14)15-5-16-12)13-10(20)9(19)7(4-18)21-13/h1,3,5,7,9-10,13,18-20H,4H2,(H2,14,15,16). The Bertz CT molecular complexity index is 723. The molecule has 2 aromatic heterocycles. The van der Waals surface area contributed by atoms with Gasteiger partial charge in [-0.3, -0.25) is 0 Å². The van der Waals surface area contributed by atoms with Crippen molar-refractivity contribution in [2.75, 3.05) is 12.3 Å². The van der Waals surface area contributed by atoms with Crippen LogP contribution in [0.5, 0.6) is 0 Å². The van der Waals surface area contributed by atoms with E-state index in [1.165, 1.54) is 10.9 Å². The van der Waals surface area contributed by atoms with Gasteiger partial charge in [-0.25, -0.2) is 9.97 Å². The Morgan fingerprint density at radius 2 is 2.14 bits per heavy atom. The molecule has 0 radical (unpaired) electrons. The van der Waals surface area contributed by atoms with Crippen molar-refractivity contribution >= 4 is 16.9 Å². The molecule has 0 amide bonds. The highest BCUT2D eigenvalue weighted by molar-refractivity contribution is 5.92. The number of nitrogen functional groups attached to an aromatic ring is 1. The molecule has 2 aromatic rings. The molecule has 5 N–H and O–H groups in total. The van der Waals surface area contributed by atoms with E-state index in [0.717, 1.165) is 0 Å². The zero-order chi connectivity index (χ0) is 15.1. The van der Waals surface area contributed by atoms with E-state index in [9.17, 15) is 10.2 Å². The van der Waals surface area contributed by atoms with Crippen molar-refractivity contribution in [2.45, 2.75) is 24.5 Å². The average molecular weight is 290 g/mol. The van der Waals surface area contributed by atoms with Crippen LogP contribution in [0.15, 0.2) is 12.5 Å². The minimum absolute atomic E-state index is 0.221. The van der Waals surface area contributed by atoms with Crippen LogP contribution in [0.3, 0.4) is 0 Å². The highest BCUT2D eigenvalue weighted by Crippen LogP contribution is 2.34. The molecule has 4 unspecified atom stereocenters. The van der Waals surface area contributed by atoms with Crippen molar-refractivity contribution in [3.05, 3.63) is 18.1 Å². The predicted octanol–water partition coefficient (Wildman–Crippen LogP) is -1.39. The fourth-order valence-corrected chi connectivity index (χ4v) is 2.52. The van der Waals surface area contributed by atoms with Crippen LogP contribution in [0.25, 0.3) is 11.0 Å². The Balaban J connectivity index is 2.14. The highest BCUT2D eigenvalue weighted by Gasteiger charge is 2.44. The third kappa shape index (κ3) is 1.95. The van der Waals surface area contributed by atoms with E-state index < -0.39 is 31.1 Å². The summed E-state index contributed by atoms with van der Waals surface area (Å²) in [7, 11) is 0. The number of aliphatic hydroxyl groups excluding tert-OH is 3. The molecule has 1 fully saturated rings. The van der Waals surface area contributed by atoms with Gasteiger partial charge in [0.25, 0.3) is 0 Å². The van der Waals surface area contributed by atoms with Crippen LogP contribution in [0, 0.1) is 12.3 Å². The largest absolute Gasteiger partial charge is 0.394 e. The lowest BCUT2D eigenvalue weighted by atomic mass is 10.1. The predicted molar refractivity (Wildman–Crippen MR) is 72.9 cm³/mol. The minimum Gasteiger partial charge on any atom is -0.394 e. The number of fused-ring (bicyclic) bond motifs is 1. The molecule has 8 nitrogen and oxygen atoms in total. The van der Waals surface area contributed by atoms with Gasteiger partial charge >= 0.3 is 0 Å². The summed E-state index contributed by atoms with van der Waals surface area (Å²) in [6.07, 6.45) is 4.05. The van der Waals surface area contributed by atoms with Crippen molar-refractivity contribution in [2.24, 2.45) is 0 Å². The van der Waals surface area contributed by atoms with Crippen molar-refractivity contribution in [1.29, 1.82) is 0 Å². The molecular weight excluding hydrogens is 276 g/mol.